The lowest BCUT2D eigenvalue weighted by Gasteiger charge is -2.29. The number of rotatable bonds is 8. The molecule has 0 aliphatic heterocycles. The van der Waals surface area contributed by atoms with Crippen LogP contribution in [0.5, 0.6) is 0 Å². The lowest BCUT2D eigenvalue weighted by Crippen LogP contribution is -2.44. The van der Waals surface area contributed by atoms with Gasteiger partial charge in [-0.3, -0.25) is 9.69 Å². The Morgan fingerprint density at radius 2 is 2.00 bits per heavy atom. The first-order valence-corrected chi connectivity index (χ1v) is 5.85. The Kier molecular flexibility index (Phi) is 7.93. The first kappa shape index (κ1) is 17.2. The van der Waals surface area contributed by atoms with Gasteiger partial charge in [-0.1, -0.05) is 6.92 Å². The smallest absolute Gasteiger partial charge is 0.390 e. The Hall–Kier alpha value is -0.820. The van der Waals surface area contributed by atoms with Crippen LogP contribution in [-0.4, -0.2) is 55.0 Å². The Balaban J connectivity index is 4.63. The zero-order valence-corrected chi connectivity index (χ0v) is 10.7. The summed E-state index contributed by atoms with van der Waals surface area (Å²) in [5, 5.41) is 8.87. The minimum absolute atomic E-state index is 0.0739. The molecule has 4 nitrogen and oxygen atoms in total. The van der Waals surface area contributed by atoms with Crippen LogP contribution in [0, 0.1) is 0 Å². The van der Waals surface area contributed by atoms with Crippen molar-refractivity contribution in [3.63, 3.8) is 0 Å². The Morgan fingerprint density at radius 3 is 2.39 bits per heavy atom. The maximum atomic E-state index is 12.2. The third-order valence-corrected chi connectivity index (χ3v) is 2.51. The summed E-state index contributed by atoms with van der Waals surface area (Å²) in [5.41, 5.74) is 0. The van der Waals surface area contributed by atoms with Gasteiger partial charge in [-0.05, 0) is 19.4 Å². The first-order valence-electron chi connectivity index (χ1n) is 5.85. The van der Waals surface area contributed by atoms with Gasteiger partial charge in [-0.15, -0.1) is 0 Å². The molecular weight excluding hydrogens is 251 g/mol. The molecule has 1 N–H and O–H groups in total. The molecule has 0 saturated carbocycles. The number of carbonyl (C=O) groups is 1. The summed E-state index contributed by atoms with van der Waals surface area (Å²) in [4.78, 5) is 12.9. The van der Waals surface area contributed by atoms with Crippen molar-refractivity contribution in [1.29, 1.82) is 0 Å². The number of hydrogen-bond acceptors (Lipinski definition) is 4. The summed E-state index contributed by atoms with van der Waals surface area (Å²) >= 11 is 0. The normalized spacial score (nSPS) is 13.7. The van der Waals surface area contributed by atoms with E-state index in [4.69, 9.17) is 5.11 Å². The van der Waals surface area contributed by atoms with Gasteiger partial charge in [0.25, 0.3) is 0 Å². The molecule has 108 valence electrons. The Morgan fingerprint density at radius 1 is 1.39 bits per heavy atom. The summed E-state index contributed by atoms with van der Waals surface area (Å²) < 4.78 is 41.1. The Bertz CT molecular complexity index is 246. The molecule has 0 aliphatic carbocycles. The van der Waals surface area contributed by atoms with E-state index in [1.165, 1.54) is 12.0 Å². The van der Waals surface area contributed by atoms with Crippen molar-refractivity contribution < 1.29 is 27.8 Å². The van der Waals surface area contributed by atoms with Crippen molar-refractivity contribution >= 4 is 5.97 Å². The summed E-state index contributed by atoms with van der Waals surface area (Å²) in [6, 6.07) is -0.817. The minimum atomic E-state index is -4.26. The van der Waals surface area contributed by atoms with Crippen LogP contribution in [0.1, 0.15) is 26.2 Å². The fraction of sp³-hybridized carbons (Fsp3) is 0.909. The van der Waals surface area contributed by atoms with E-state index >= 15 is 0 Å². The van der Waals surface area contributed by atoms with Crippen LogP contribution in [0.3, 0.4) is 0 Å². The molecular formula is C11H20F3NO3. The number of esters is 1. The van der Waals surface area contributed by atoms with Crippen LogP contribution in [0.15, 0.2) is 0 Å². The van der Waals surface area contributed by atoms with E-state index in [0.29, 0.717) is 13.0 Å². The van der Waals surface area contributed by atoms with E-state index < -0.39 is 24.6 Å². The molecule has 0 aromatic carbocycles. The molecule has 0 aliphatic rings. The number of hydrogen-bond donors (Lipinski definition) is 1. The lowest BCUT2D eigenvalue weighted by atomic mass is 10.1. The van der Waals surface area contributed by atoms with Crippen LogP contribution < -0.4 is 0 Å². The van der Waals surface area contributed by atoms with Crippen LogP contribution in [0.25, 0.3) is 0 Å². The number of methoxy groups -OCH3 is 1. The van der Waals surface area contributed by atoms with Gasteiger partial charge in [0, 0.05) is 13.2 Å². The minimum Gasteiger partial charge on any atom is -0.468 e. The summed E-state index contributed by atoms with van der Waals surface area (Å²) in [6.07, 6.45) is -4.54. The van der Waals surface area contributed by atoms with Gasteiger partial charge in [0.15, 0.2) is 0 Å². The Labute approximate surface area is 105 Å². The second-order valence-electron chi connectivity index (χ2n) is 3.95. The molecule has 18 heavy (non-hydrogen) atoms. The highest BCUT2D eigenvalue weighted by Crippen LogP contribution is 2.21. The lowest BCUT2D eigenvalue weighted by molar-refractivity contribution is -0.153. The molecule has 0 heterocycles. The highest BCUT2D eigenvalue weighted by molar-refractivity contribution is 5.75. The maximum absolute atomic E-state index is 12.2. The highest BCUT2D eigenvalue weighted by atomic mass is 19.4. The molecule has 0 aromatic heterocycles. The van der Waals surface area contributed by atoms with Crippen molar-refractivity contribution in [1.82, 2.24) is 4.90 Å². The predicted molar refractivity (Wildman–Crippen MR) is 60.0 cm³/mol. The number of ether oxygens (including phenoxy) is 1. The fourth-order valence-corrected chi connectivity index (χ4v) is 1.69. The highest BCUT2D eigenvalue weighted by Gasteiger charge is 2.31. The number of halogens is 3. The second-order valence-corrected chi connectivity index (χ2v) is 3.95. The molecule has 7 heteroatoms. The maximum Gasteiger partial charge on any atom is 0.390 e. The van der Waals surface area contributed by atoms with E-state index in [1.54, 1.807) is 0 Å². The quantitative estimate of drug-likeness (QED) is 0.681. The average molecular weight is 271 g/mol. The van der Waals surface area contributed by atoms with E-state index in [9.17, 15) is 18.0 Å². The van der Waals surface area contributed by atoms with Crippen molar-refractivity contribution in [3.05, 3.63) is 0 Å². The van der Waals surface area contributed by atoms with E-state index in [1.807, 2.05) is 6.92 Å². The van der Waals surface area contributed by atoms with Crippen LogP contribution in [0.4, 0.5) is 13.2 Å². The SMILES string of the molecule is CCCN(CCC(F)(F)F)C(CCO)C(=O)OC. The molecule has 0 saturated heterocycles. The third-order valence-electron chi connectivity index (χ3n) is 2.51. The van der Waals surface area contributed by atoms with Gasteiger partial charge in [-0.25, -0.2) is 0 Å². The third kappa shape index (κ3) is 6.80. The topological polar surface area (TPSA) is 49.8 Å². The molecule has 0 spiro atoms. The molecule has 1 atom stereocenters. The summed E-state index contributed by atoms with van der Waals surface area (Å²) in [6.45, 7) is 1.63. The van der Waals surface area contributed by atoms with Crippen LogP contribution >= 0.6 is 0 Å². The fourth-order valence-electron chi connectivity index (χ4n) is 1.69. The largest absolute Gasteiger partial charge is 0.468 e. The first-order chi connectivity index (χ1) is 8.35. The molecule has 0 amide bonds. The van der Waals surface area contributed by atoms with Crippen molar-refractivity contribution in [2.24, 2.45) is 0 Å². The van der Waals surface area contributed by atoms with Gasteiger partial charge in [0.1, 0.15) is 6.04 Å². The molecule has 0 fully saturated rings. The zero-order valence-electron chi connectivity index (χ0n) is 10.7. The van der Waals surface area contributed by atoms with Crippen LogP contribution in [0.2, 0.25) is 0 Å². The van der Waals surface area contributed by atoms with Gasteiger partial charge in [0.05, 0.1) is 13.5 Å². The van der Waals surface area contributed by atoms with Crippen molar-refractivity contribution in [3.8, 4) is 0 Å². The zero-order chi connectivity index (χ0) is 14.2. The number of aliphatic hydroxyl groups is 1. The molecule has 0 rings (SSSR count). The molecule has 0 aromatic rings. The predicted octanol–water partition coefficient (Wildman–Crippen LogP) is 1.57. The summed E-state index contributed by atoms with van der Waals surface area (Å²) in [7, 11) is 1.18. The van der Waals surface area contributed by atoms with Crippen molar-refractivity contribution in [2.75, 3.05) is 26.8 Å². The number of aliphatic hydroxyl groups excluding tert-OH is 1. The van der Waals surface area contributed by atoms with E-state index in [2.05, 4.69) is 4.74 Å². The summed E-state index contributed by atoms with van der Waals surface area (Å²) in [5.74, 6) is -0.611. The molecule has 0 bridgehead atoms. The molecule has 1 unspecified atom stereocenters. The molecule has 0 radical (unpaired) electrons. The van der Waals surface area contributed by atoms with Gasteiger partial charge in [0.2, 0.25) is 0 Å². The van der Waals surface area contributed by atoms with Gasteiger partial charge >= 0.3 is 12.1 Å². The van der Waals surface area contributed by atoms with E-state index in [0.717, 1.165) is 0 Å². The monoisotopic (exact) mass is 271 g/mol. The number of carbonyl (C=O) groups excluding carboxylic acids is 1. The van der Waals surface area contributed by atoms with E-state index in [-0.39, 0.29) is 19.6 Å². The average Bonchev–Trinajstić information content (AvgIpc) is 2.30. The van der Waals surface area contributed by atoms with Gasteiger partial charge in [-0.2, -0.15) is 13.2 Å². The van der Waals surface area contributed by atoms with Crippen molar-refractivity contribution in [2.45, 2.75) is 38.4 Å². The second kappa shape index (κ2) is 8.31. The number of alkyl halides is 3. The van der Waals surface area contributed by atoms with Crippen LogP contribution in [-0.2, 0) is 9.53 Å². The standard InChI is InChI=1S/C11H20F3NO3/c1-3-6-15(7-5-11(12,13)14)9(4-8-16)10(17)18-2/h9,16H,3-8H2,1-2H3. The number of nitrogens with zero attached hydrogens (tertiary/aromatic N) is 1. The van der Waals surface area contributed by atoms with Gasteiger partial charge < -0.3 is 9.84 Å².